The Morgan fingerprint density at radius 2 is 2.07 bits per heavy atom. The summed E-state index contributed by atoms with van der Waals surface area (Å²) in [6.45, 7) is 6.11. The van der Waals surface area contributed by atoms with Gasteiger partial charge in [0.1, 0.15) is 0 Å². The molecular weight excluding hydrogens is 362 g/mol. The summed E-state index contributed by atoms with van der Waals surface area (Å²) in [6, 6.07) is 5.48. The number of likely N-dealkylation sites (tertiary alicyclic amines) is 1. The number of carboxylic acids is 1. The molecule has 27 heavy (non-hydrogen) atoms. The molecule has 0 aliphatic carbocycles. The molecule has 3 rings (SSSR count). The van der Waals surface area contributed by atoms with Crippen molar-refractivity contribution in [3.05, 3.63) is 51.5 Å². The fraction of sp³-hybridized carbons (Fsp3) is 0.350. The van der Waals surface area contributed by atoms with E-state index in [9.17, 15) is 9.59 Å². The predicted octanol–water partition coefficient (Wildman–Crippen LogP) is 3.79. The van der Waals surface area contributed by atoms with Gasteiger partial charge in [-0.3, -0.25) is 9.69 Å². The summed E-state index contributed by atoms with van der Waals surface area (Å²) in [5.74, 6) is -0.986. The van der Waals surface area contributed by atoms with Crippen molar-refractivity contribution in [3.8, 4) is 0 Å². The number of thiazole rings is 1. The molecule has 0 bridgehead atoms. The molecule has 1 aliphatic rings. The highest BCUT2D eigenvalue weighted by Gasteiger charge is 2.16. The minimum Gasteiger partial charge on any atom is -0.478 e. The highest BCUT2D eigenvalue weighted by atomic mass is 32.1. The fourth-order valence-corrected chi connectivity index (χ4v) is 4.11. The number of carboxylic acid groups (broad SMARTS) is 1. The number of aromatic carboxylic acids is 1. The summed E-state index contributed by atoms with van der Waals surface area (Å²) in [7, 11) is 0. The lowest BCUT2D eigenvalue weighted by molar-refractivity contribution is -0.114. The maximum atomic E-state index is 11.1. The van der Waals surface area contributed by atoms with Gasteiger partial charge in [0.2, 0.25) is 5.91 Å². The quantitative estimate of drug-likeness (QED) is 0.818. The van der Waals surface area contributed by atoms with Crippen molar-refractivity contribution in [1.82, 2.24) is 9.88 Å². The number of hydrogen-bond donors (Lipinski definition) is 2. The van der Waals surface area contributed by atoms with Gasteiger partial charge in [-0.15, -0.1) is 11.3 Å². The van der Waals surface area contributed by atoms with E-state index >= 15 is 0 Å². The Balaban J connectivity index is 1.56. The van der Waals surface area contributed by atoms with Gasteiger partial charge in [-0.1, -0.05) is 23.8 Å². The number of benzene rings is 1. The zero-order valence-corrected chi connectivity index (χ0v) is 16.3. The second kappa shape index (κ2) is 8.45. The van der Waals surface area contributed by atoms with E-state index in [0.717, 1.165) is 48.5 Å². The Hall–Kier alpha value is -2.51. The molecule has 2 heterocycles. The number of nitrogens with zero attached hydrogens (tertiary/aromatic N) is 2. The van der Waals surface area contributed by atoms with Crippen LogP contribution in [0.5, 0.6) is 0 Å². The van der Waals surface area contributed by atoms with Gasteiger partial charge in [0.25, 0.3) is 0 Å². The van der Waals surface area contributed by atoms with Crippen LogP contribution in [0.4, 0.5) is 5.13 Å². The van der Waals surface area contributed by atoms with Crippen LogP contribution < -0.4 is 5.32 Å². The lowest BCUT2D eigenvalue weighted by Gasteiger charge is -2.27. The topological polar surface area (TPSA) is 82.5 Å². The summed E-state index contributed by atoms with van der Waals surface area (Å²) in [4.78, 5) is 30.0. The molecule has 0 unspecified atom stereocenters. The Bertz CT molecular complexity index is 878. The first kappa shape index (κ1) is 19.3. The number of anilines is 1. The summed E-state index contributed by atoms with van der Waals surface area (Å²) < 4.78 is 0. The maximum Gasteiger partial charge on any atom is 0.335 e. The fourth-order valence-electron chi connectivity index (χ4n) is 3.20. The molecule has 2 N–H and O–H groups in total. The van der Waals surface area contributed by atoms with Crippen LogP contribution in [0.1, 0.15) is 46.1 Å². The Morgan fingerprint density at radius 3 is 2.70 bits per heavy atom. The number of aromatic nitrogens is 1. The number of hydrogen-bond acceptors (Lipinski definition) is 5. The molecule has 0 radical (unpaired) electrons. The van der Waals surface area contributed by atoms with E-state index in [1.165, 1.54) is 23.8 Å². The van der Waals surface area contributed by atoms with Gasteiger partial charge in [0.15, 0.2) is 5.13 Å². The van der Waals surface area contributed by atoms with Crippen LogP contribution >= 0.6 is 11.3 Å². The average Bonchev–Trinajstić information content (AvgIpc) is 3.02. The molecule has 0 spiro atoms. The van der Waals surface area contributed by atoms with Crippen LogP contribution in [0.2, 0.25) is 0 Å². The van der Waals surface area contributed by atoms with E-state index in [1.54, 1.807) is 6.07 Å². The van der Waals surface area contributed by atoms with E-state index in [-0.39, 0.29) is 5.91 Å². The van der Waals surface area contributed by atoms with Gasteiger partial charge in [0.05, 0.1) is 5.56 Å². The highest BCUT2D eigenvalue weighted by Crippen LogP contribution is 2.24. The van der Waals surface area contributed by atoms with Crippen LogP contribution in [-0.2, 0) is 11.3 Å². The van der Waals surface area contributed by atoms with Crippen molar-refractivity contribution in [2.75, 3.05) is 18.4 Å². The minimum atomic E-state index is -0.885. The van der Waals surface area contributed by atoms with Crippen LogP contribution in [0.15, 0.2) is 30.0 Å². The first-order valence-electron chi connectivity index (χ1n) is 8.89. The zero-order valence-electron chi connectivity index (χ0n) is 15.5. The van der Waals surface area contributed by atoms with Crippen molar-refractivity contribution < 1.29 is 14.7 Å². The Kier molecular flexibility index (Phi) is 6.03. The molecule has 1 aromatic carbocycles. The van der Waals surface area contributed by atoms with Crippen LogP contribution in [0.25, 0.3) is 6.08 Å². The molecule has 0 saturated carbocycles. The molecule has 2 aromatic rings. The van der Waals surface area contributed by atoms with Crippen molar-refractivity contribution in [1.29, 1.82) is 0 Å². The Labute approximate surface area is 162 Å². The molecule has 142 valence electrons. The van der Waals surface area contributed by atoms with Gasteiger partial charge in [-0.05, 0) is 37.0 Å². The second-order valence-corrected chi connectivity index (χ2v) is 7.89. The van der Waals surface area contributed by atoms with E-state index in [1.807, 2.05) is 25.3 Å². The molecule has 0 atom stereocenters. The second-order valence-electron chi connectivity index (χ2n) is 6.77. The van der Waals surface area contributed by atoms with Gasteiger partial charge in [0, 0.05) is 37.6 Å². The van der Waals surface area contributed by atoms with Gasteiger partial charge < -0.3 is 10.4 Å². The van der Waals surface area contributed by atoms with Crippen LogP contribution in [-0.4, -0.2) is 40.0 Å². The number of carbonyl (C=O) groups excluding carboxylic acids is 1. The zero-order chi connectivity index (χ0) is 19.4. The summed E-state index contributed by atoms with van der Waals surface area (Å²) in [5, 5.41) is 12.5. The molecule has 1 aliphatic heterocycles. The molecule has 1 amide bonds. The average molecular weight is 385 g/mol. The summed E-state index contributed by atoms with van der Waals surface area (Å²) >= 11 is 1.52. The maximum absolute atomic E-state index is 11.1. The third-order valence-electron chi connectivity index (χ3n) is 4.57. The third-order valence-corrected chi connectivity index (χ3v) is 5.46. The van der Waals surface area contributed by atoms with E-state index in [0.29, 0.717) is 10.7 Å². The molecule has 1 aromatic heterocycles. The van der Waals surface area contributed by atoms with Gasteiger partial charge in [-0.2, -0.15) is 0 Å². The number of rotatable bonds is 5. The van der Waals surface area contributed by atoms with Gasteiger partial charge in [-0.25, -0.2) is 9.78 Å². The lowest BCUT2D eigenvalue weighted by Crippen LogP contribution is -2.29. The SMILES string of the molecule is CC(=O)Nc1ncc(CN2CCC(=Cc3ccc(C(=O)O)c(C)c3)CC2)s1. The number of amides is 1. The predicted molar refractivity (Wildman–Crippen MR) is 107 cm³/mol. The molecular formula is C20H23N3O3S. The van der Waals surface area contributed by atoms with Crippen LogP contribution in [0, 0.1) is 6.92 Å². The number of piperidine rings is 1. The standard InChI is InChI=1S/C20H23N3O3S/c1-13-9-16(3-4-18(13)19(25)26)10-15-5-7-23(8-6-15)12-17-11-21-20(27-17)22-14(2)24/h3-4,9-11H,5-8,12H2,1-2H3,(H,25,26)(H,21,22,24). The first-order valence-corrected chi connectivity index (χ1v) is 9.70. The smallest absolute Gasteiger partial charge is 0.335 e. The van der Waals surface area contributed by atoms with E-state index < -0.39 is 5.97 Å². The summed E-state index contributed by atoms with van der Waals surface area (Å²) in [6.07, 6.45) is 6.00. The highest BCUT2D eigenvalue weighted by molar-refractivity contribution is 7.15. The van der Waals surface area contributed by atoms with Crippen molar-refractivity contribution >= 4 is 34.4 Å². The molecule has 7 heteroatoms. The van der Waals surface area contributed by atoms with Crippen molar-refractivity contribution in [3.63, 3.8) is 0 Å². The normalized spacial score (nSPS) is 14.8. The Morgan fingerprint density at radius 1 is 1.33 bits per heavy atom. The largest absolute Gasteiger partial charge is 0.478 e. The van der Waals surface area contributed by atoms with Crippen molar-refractivity contribution in [2.45, 2.75) is 33.2 Å². The van der Waals surface area contributed by atoms with Crippen LogP contribution in [0.3, 0.4) is 0 Å². The minimum absolute atomic E-state index is 0.102. The third kappa shape index (κ3) is 5.24. The number of aryl methyl sites for hydroxylation is 1. The first-order chi connectivity index (χ1) is 12.9. The number of nitrogens with one attached hydrogen (secondary N) is 1. The lowest BCUT2D eigenvalue weighted by atomic mass is 9.98. The molecule has 1 fully saturated rings. The number of carbonyl (C=O) groups is 2. The van der Waals surface area contributed by atoms with E-state index in [4.69, 9.17) is 5.11 Å². The van der Waals surface area contributed by atoms with Crippen molar-refractivity contribution in [2.24, 2.45) is 0 Å². The van der Waals surface area contributed by atoms with E-state index in [2.05, 4.69) is 21.3 Å². The monoisotopic (exact) mass is 385 g/mol. The van der Waals surface area contributed by atoms with Gasteiger partial charge >= 0.3 is 5.97 Å². The summed E-state index contributed by atoms with van der Waals surface area (Å²) in [5.41, 5.74) is 3.59. The molecule has 6 nitrogen and oxygen atoms in total. The molecule has 1 saturated heterocycles.